The van der Waals surface area contributed by atoms with Crippen molar-refractivity contribution in [2.75, 3.05) is 26.2 Å². The Morgan fingerprint density at radius 1 is 1.24 bits per heavy atom. The van der Waals surface area contributed by atoms with Crippen LogP contribution in [0.5, 0.6) is 0 Å². The molecule has 2 aliphatic rings. The molecule has 1 fully saturated rings. The molecule has 134 valence electrons. The molecule has 0 aromatic heterocycles. The zero-order valence-electron chi connectivity index (χ0n) is 13.9. The van der Waals surface area contributed by atoms with Crippen molar-refractivity contribution in [1.82, 2.24) is 9.80 Å². The van der Waals surface area contributed by atoms with Gasteiger partial charge in [-0.1, -0.05) is 15.9 Å². The molecule has 1 unspecified atom stereocenters. The number of aliphatic hydroxyl groups excluding tert-OH is 1. The van der Waals surface area contributed by atoms with Gasteiger partial charge in [-0.2, -0.15) is 0 Å². The fourth-order valence-corrected chi connectivity index (χ4v) is 3.81. The first-order chi connectivity index (χ1) is 12.0. The normalized spacial score (nSPS) is 20.2. The second-order valence-electron chi connectivity index (χ2n) is 6.59. The number of carbonyl (C=O) groups is 3. The number of carbonyl (C=O) groups excluding carboxylic acids is 3. The van der Waals surface area contributed by atoms with Crippen molar-refractivity contribution >= 4 is 33.7 Å². The Morgan fingerprint density at radius 2 is 2.00 bits per heavy atom. The zero-order valence-corrected chi connectivity index (χ0v) is 15.5. The number of nitrogens with zero attached hydrogens (tertiary/aromatic N) is 2. The summed E-state index contributed by atoms with van der Waals surface area (Å²) >= 11 is 3.31. The quantitative estimate of drug-likeness (QED) is 0.756. The monoisotopic (exact) mass is 408 g/mol. The lowest BCUT2D eigenvalue weighted by Gasteiger charge is -2.32. The number of amides is 3. The molecular formula is C18H21BrN2O4. The summed E-state index contributed by atoms with van der Waals surface area (Å²) < 4.78 is 0.757. The SMILES string of the molecule is O=C(CCCN1C(=O)c2ccc(Br)cc2C1=O)N1CCCC(CO)C1. The largest absolute Gasteiger partial charge is 0.396 e. The lowest BCUT2D eigenvalue weighted by Crippen LogP contribution is -2.41. The van der Waals surface area contributed by atoms with Crippen LogP contribution in [0.3, 0.4) is 0 Å². The fourth-order valence-electron chi connectivity index (χ4n) is 3.45. The molecule has 1 aromatic rings. The van der Waals surface area contributed by atoms with Crippen molar-refractivity contribution in [3.8, 4) is 0 Å². The number of rotatable bonds is 5. The van der Waals surface area contributed by atoms with E-state index in [1.165, 1.54) is 4.90 Å². The van der Waals surface area contributed by atoms with Crippen LogP contribution in [0.25, 0.3) is 0 Å². The van der Waals surface area contributed by atoms with Crippen molar-refractivity contribution in [3.63, 3.8) is 0 Å². The fraction of sp³-hybridized carbons (Fsp3) is 0.500. The summed E-state index contributed by atoms with van der Waals surface area (Å²) in [5, 5.41) is 9.25. The number of hydrogen-bond acceptors (Lipinski definition) is 4. The molecule has 7 heteroatoms. The molecule has 3 amide bonds. The third-order valence-corrected chi connectivity index (χ3v) is 5.33. The van der Waals surface area contributed by atoms with Crippen LogP contribution in [0.15, 0.2) is 22.7 Å². The van der Waals surface area contributed by atoms with Gasteiger partial charge < -0.3 is 10.0 Å². The Balaban J connectivity index is 1.53. The minimum Gasteiger partial charge on any atom is -0.396 e. The highest BCUT2D eigenvalue weighted by atomic mass is 79.9. The van der Waals surface area contributed by atoms with Gasteiger partial charge in [0.2, 0.25) is 5.91 Å². The van der Waals surface area contributed by atoms with Crippen LogP contribution in [0.1, 0.15) is 46.4 Å². The van der Waals surface area contributed by atoms with Crippen molar-refractivity contribution in [2.24, 2.45) is 5.92 Å². The Labute approximate surface area is 154 Å². The minimum absolute atomic E-state index is 0.0255. The summed E-state index contributed by atoms with van der Waals surface area (Å²) in [6.45, 7) is 1.66. The van der Waals surface area contributed by atoms with Crippen molar-refractivity contribution < 1.29 is 19.5 Å². The molecule has 0 saturated carbocycles. The molecule has 0 spiro atoms. The predicted octanol–water partition coefficient (Wildman–Crippen LogP) is 2.06. The summed E-state index contributed by atoms with van der Waals surface area (Å²) in [7, 11) is 0. The van der Waals surface area contributed by atoms with Crippen molar-refractivity contribution in [2.45, 2.75) is 25.7 Å². The summed E-state index contributed by atoms with van der Waals surface area (Å²) in [5.41, 5.74) is 0.828. The van der Waals surface area contributed by atoms with E-state index < -0.39 is 0 Å². The Kier molecular flexibility index (Phi) is 5.54. The lowest BCUT2D eigenvalue weighted by molar-refractivity contribution is -0.133. The maximum Gasteiger partial charge on any atom is 0.261 e. The van der Waals surface area contributed by atoms with E-state index in [1.807, 2.05) is 0 Å². The molecule has 2 aliphatic heterocycles. The van der Waals surface area contributed by atoms with E-state index in [9.17, 15) is 19.5 Å². The molecule has 0 aliphatic carbocycles. The Morgan fingerprint density at radius 3 is 2.76 bits per heavy atom. The maximum absolute atomic E-state index is 12.4. The number of imide groups is 1. The van der Waals surface area contributed by atoms with E-state index in [4.69, 9.17) is 0 Å². The van der Waals surface area contributed by atoms with Crippen LogP contribution >= 0.6 is 15.9 Å². The second kappa shape index (κ2) is 7.66. The smallest absolute Gasteiger partial charge is 0.261 e. The van der Waals surface area contributed by atoms with Crippen LogP contribution < -0.4 is 0 Å². The molecule has 2 heterocycles. The number of piperidine rings is 1. The number of aliphatic hydroxyl groups is 1. The molecule has 1 aromatic carbocycles. The number of likely N-dealkylation sites (tertiary alicyclic amines) is 1. The van der Waals surface area contributed by atoms with Crippen LogP contribution in [0, 0.1) is 5.92 Å². The highest BCUT2D eigenvalue weighted by Gasteiger charge is 2.35. The van der Waals surface area contributed by atoms with Gasteiger partial charge in [0.1, 0.15) is 0 Å². The van der Waals surface area contributed by atoms with Gasteiger partial charge in [0.15, 0.2) is 0 Å². The average Bonchev–Trinajstić information content (AvgIpc) is 2.86. The molecule has 0 radical (unpaired) electrons. The van der Waals surface area contributed by atoms with Gasteiger partial charge in [0.25, 0.3) is 11.8 Å². The number of benzene rings is 1. The molecule has 3 rings (SSSR count). The van der Waals surface area contributed by atoms with E-state index in [1.54, 1.807) is 23.1 Å². The first kappa shape index (κ1) is 18.1. The first-order valence-electron chi connectivity index (χ1n) is 8.55. The van der Waals surface area contributed by atoms with Gasteiger partial charge in [-0.15, -0.1) is 0 Å². The van der Waals surface area contributed by atoms with Crippen LogP contribution in [0.4, 0.5) is 0 Å². The topological polar surface area (TPSA) is 77.9 Å². The molecule has 25 heavy (non-hydrogen) atoms. The lowest BCUT2D eigenvalue weighted by atomic mass is 9.98. The van der Waals surface area contributed by atoms with Gasteiger partial charge in [0.05, 0.1) is 11.1 Å². The van der Waals surface area contributed by atoms with Crippen molar-refractivity contribution in [1.29, 1.82) is 0 Å². The molecule has 1 atom stereocenters. The minimum atomic E-state index is -0.299. The van der Waals surface area contributed by atoms with E-state index in [0.717, 1.165) is 23.9 Å². The summed E-state index contributed by atoms with van der Waals surface area (Å²) in [6.07, 6.45) is 2.61. The highest BCUT2D eigenvalue weighted by Crippen LogP contribution is 2.26. The first-order valence-corrected chi connectivity index (χ1v) is 9.35. The summed E-state index contributed by atoms with van der Waals surface area (Å²) in [5.74, 6) is -0.407. The highest BCUT2D eigenvalue weighted by molar-refractivity contribution is 9.10. The molecule has 1 N–H and O–H groups in total. The third-order valence-electron chi connectivity index (χ3n) is 4.83. The van der Waals surface area contributed by atoms with Crippen LogP contribution in [-0.4, -0.2) is 58.9 Å². The average molecular weight is 409 g/mol. The summed E-state index contributed by atoms with van der Waals surface area (Å²) in [4.78, 5) is 40.0. The van der Waals surface area contributed by atoms with Gasteiger partial charge in [-0.3, -0.25) is 19.3 Å². The molecule has 0 bridgehead atoms. The molecule has 6 nitrogen and oxygen atoms in total. The van der Waals surface area contributed by atoms with Crippen LogP contribution in [0.2, 0.25) is 0 Å². The van der Waals surface area contributed by atoms with Gasteiger partial charge in [-0.05, 0) is 43.4 Å². The number of fused-ring (bicyclic) bond motifs is 1. The summed E-state index contributed by atoms with van der Waals surface area (Å²) in [6, 6.07) is 5.04. The van der Waals surface area contributed by atoms with Gasteiger partial charge in [-0.25, -0.2) is 0 Å². The Bertz CT molecular complexity index is 706. The van der Waals surface area contributed by atoms with E-state index >= 15 is 0 Å². The molecular weight excluding hydrogens is 388 g/mol. The van der Waals surface area contributed by atoms with Gasteiger partial charge in [0, 0.05) is 37.1 Å². The van der Waals surface area contributed by atoms with E-state index in [0.29, 0.717) is 30.5 Å². The third kappa shape index (κ3) is 3.77. The van der Waals surface area contributed by atoms with Crippen molar-refractivity contribution in [3.05, 3.63) is 33.8 Å². The molecule has 1 saturated heterocycles. The predicted molar refractivity (Wildman–Crippen MR) is 95.1 cm³/mol. The number of halogens is 1. The van der Waals surface area contributed by atoms with Gasteiger partial charge >= 0.3 is 0 Å². The second-order valence-corrected chi connectivity index (χ2v) is 7.50. The van der Waals surface area contributed by atoms with E-state index in [2.05, 4.69) is 15.9 Å². The Hall–Kier alpha value is -1.73. The zero-order chi connectivity index (χ0) is 18.0. The number of hydrogen-bond donors (Lipinski definition) is 1. The maximum atomic E-state index is 12.4. The standard InChI is InChI=1S/C18H21BrN2O4/c19-13-5-6-14-15(9-13)18(25)21(17(14)24)8-2-4-16(23)20-7-1-3-12(10-20)11-22/h5-6,9,12,22H,1-4,7-8,10-11H2. The van der Waals surface area contributed by atoms with E-state index in [-0.39, 0.29) is 36.8 Å². The van der Waals surface area contributed by atoms with Crippen LogP contribution in [-0.2, 0) is 4.79 Å².